The molecule has 0 aromatic heterocycles. The molecule has 46 valence electrons. The van der Waals surface area contributed by atoms with Crippen LogP contribution in [-0.2, 0) is 29.0 Å². The molecule has 0 saturated carbocycles. The zero-order chi connectivity index (χ0) is 5.70. The first-order valence-electron chi connectivity index (χ1n) is 2.01. The van der Waals surface area contributed by atoms with Crippen molar-refractivity contribution in [2.45, 2.75) is 6.29 Å². The van der Waals surface area contributed by atoms with Crippen LogP contribution in [0.1, 0.15) is 0 Å². The first-order chi connectivity index (χ1) is 3.31. The van der Waals surface area contributed by atoms with E-state index in [0.29, 0.717) is 0 Å². The average Bonchev–Trinajstić information content (AvgIpc) is 1.68. The average molecular weight is 172 g/mol. The van der Waals surface area contributed by atoms with Crippen molar-refractivity contribution in [2.75, 3.05) is 20.8 Å². The Kier molecular flexibility index (Phi) is 10.6. The number of hydrogen-bond acceptors (Lipinski definition) is 3. The molecule has 0 amide bonds. The van der Waals surface area contributed by atoms with E-state index in [9.17, 15) is 0 Å². The second kappa shape index (κ2) is 7.50. The molecule has 1 atom stereocenters. The zero-order valence-corrected chi connectivity index (χ0v) is 8.22. The molecule has 0 radical (unpaired) electrons. The molecule has 0 aliphatic carbocycles. The summed E-state index contributed by atoms with van der Waals surface area (Å²) in [6, 6.07) is 0. The molecule has 0 rings (SSSR count). The van der Waals surface area contributed by atoms with Crippen molar-refractivity contribution in [3.05, 3.63) is 0 Å². The van der Waals surface area contributed by atoms with Gasteiger partial charge in [-0.05, 0) is 0 Å². The molecule has 0 aliphatic heterocycles. The van der Waals surface area contributed by atoms with E-state index >= 15 is 0 Å². The Morgan fingerprint density at radius 3 is 2.12 bits per heavy atom. The molecule has 0 aliphatic rings. The van der Waals surface area contributed by atoms with Crippen LogP contribution in [0.2, 0.25) is 0 Å². The normalized spacial score (nSPS) is 12.4. The zero-order valence-electron chi connectivity index (χ0n) is 5.26. The van der Waals surface area contributed by atoms with Gasteiger partial charge in [-0.3, -0.25) is 0 Å². The Bertz CT molecular complexity index is 42.3. The van der Waals surface area contributed by atoms with Crippen molar-refractivity contribution in [3.63, 3.8) is 0 Å². The van der Waals surface area contributed by atoms with Gasteiger partial charge in [-0.2, -0.15) is 0 Å². The molecule has 0 heterocycles. The quantitative estimate of drug-likeness (QED) is 0.464. The maximum absolute atomic E-state index is 8.51. The largest absolute Gasteiger partial charge is 0.379 e. The SMILES string of the molecule is COCC(O)OC.[Zn]. The van der Waals surface area contributed by atoms with Crippen LogP contribution in [0.5, 0.6) is 0 Å². The Labute approximate surface area is 61.7 Å². The molecular weight excluding hydrogens is 161 g/mol. The minimum atomic E-state index is -0.773. The van der Waals surface area contributed by atoms with Crippen LogP contribution in [0.3, 0.4) is 0 Å². The summed E-state index contributed by atoms with van der Waals surface area (Å²) in [6.45, 7) is 0.233. The molecule has 0 aromatic carbocycles. The van der Waals surface area contributed by atoms with Gasteiger partial charge in [0, 0.05) is 33.7 Å². The maximum atomic E-state index is 8.51. The predicted octanol–water partition coefficient (Wildman–Crippen LogP) is -0.405. The molecule has 8 heavy (non-hydrogen) atoms. The van der Waals surface area contributed by atoms with Gasteiger partial charge >= 0.3 is 0 Å². The van der Waals surface area contributed by atoms with Gasteiger partial charge in [-0.15, -0.1) is 0 Å². The van der Waals surface area contributed by atoms with E-state index in [-0.39, 0.29) is 26.1 Å². The van der Waals surface area contributed by atoms with Gasteiger partial charge in [-0.1, -0.05) is 0 Å². The number of ether oxygens (including phenoxy) is 2. The van der Waals surface area contributed by atoms with Crippen LogP contribution in [-0.4, -0.2) is 32.2 Å². The first-order valence-corrected chi connectivity index (χ1v) is 2.01. The minimum Gasteiger partial charge on any atom is -0.379 e. The number of aliphatic hydroxyl groups excluding tert-OH is 1. The monoisotopic (exact) mass is 170 g/mol. The Hall–Kier alpha value is 0.503. The standard InChI is InChI=1S/C4H10O3.Zn/c1-6-3-4(5)7-2;/h4-5H,3H2,1-2H3;. The third kappa shape index (κ3) is 6.50. The summed E-state index contributed by atoms with van der Waals surface area (Å²) >= 11 is 0. The predicted molar refractivity (Wildman–Crippen MR) is 24.9 cm³/mol. The van der Waals surface area contributed by atoms with Crippen LogP contribution in [0, 0.1) is 0 Å². The van der Waals surface area contributed by atoms with Crippen LogP contribution in [0.25, 0.3) is 0 Å². The third-order valence-corrected chi connectivity index (χ3v) is 0.581. The molecule has 0 aromatic rings. The summed E-state index contributed by atoms with van der Waals surface area (Å²) in [5.41, 5.74) is 0. The summed E-state index contributed by atoms with van der Waals surface area (Å²) in [4.78, 5) is 0. The van der Waals surface area contributed by atoms with Crippen LogP contribution < -0.4 is 0 Å². The van der Waals surface area contributed by atoms with Crippen molar-refractivity contribution >= 4 is 0 Å². The minimum absolute atomic E-state index is 0. The van der Waals surface area contributed by atoms with Gasteiger partial charge in [0.1, 0.15) is 0 Å². The van der Waals surface area contributed by atoms with E-state index in [1.54, 1.807) is 0 Å². The van der Waals surface area contributed by atoms with Crippen LogP contribution in [0.15, 0.2) is 0 Å². The van der Waals surface area contributed by atoms with Gasteiger partial charge in [0.25, 0.3) is 0 Å². The molecule has 1 unspecified atom stereocenters. The van der Waals surface area contributed by atoms with Crippen molar-refractivity contribution in [3.8, 4) is 0 Å². The van der Waals surface area contributed by atoms with Gasteiger partial charge in [0.05, 0.1) is 6.61 Å². The van der Waals surface area contributed by atoms with Gasteiger partial charge in [-0.25, -0.2) is 0 Å². The molecule has 0 fully saturated rings. The smallest absolute Gasteiger partial charge is 0.177 e. The summed E-state index contributed by atoms with van der Waals surface area (Å²) in [5, 5.41) is 8.51. The fourth-order valence-electron chi connectivity index (χ4n) is 0.211. The second-order valence-electron chi connectivity index (χ2n) is 1.15. The molecule has 0 saturated heterocycles. The van der Waals surface area contributed by atoms with E-state index in [2.05, 4.69) is 9.47 Å². The summed E-state index contributed by atoms with van der Waals surface area (Å²) in [5.74, 6) is 0. The third-order valence-electron chi connectivity index (χ3n) is 0.581. The molecule has 4 heteroatoms. The Morgan fingerprint density at radius 2 is 2.00 bits per heavy atom. The van der Waals surface area contributed by atoms with Crippen molar-refractivity contribution in [1.29, 1.82) is 0 Å². The van der Waals surface area contributed by atoms with E-state index in [1.165, 1.54) is 14.2 Å². The number of aliphatic hydroxyl groups is 1. The van der Waals surface area contributed by atoms with Crippen LogP contribution in [0.4, 0.5) is 0 Å². The van der Waals surface area contributed by atoms with E-state index in [4.69, 9.17) is 5.11 Å². The maximum Gasteiger partial charge on any atom is 0.177 e. The molecule has 0 spiro atoms. The fraction of sp³-hybridized carbons (Fsp3) is 1.00. The van der Waals surface area contributed by atoms with Gasteiger partial charge < -0.3 is 14.6 Å². The topological polar surface area (TPSA) is 38.7 Å². The number of methoxy groups -OCH3 is 2. The molecule has 3 nitrogen and oxygen atoms in total. The van der Waals surface area contributed by atoms with E-state index in [1.807, 2.05) is 0 Å². The van der Waals surface area contributed by atoms with E-state index < -0.39 is 6.29 Å². The number of rotatable bonds is 3. The van der Waals surface area contributed by atoms with Gasteiger partial charge in [0.2, 0.25) is 0 Å². The molecular formula is C4H10O3Zn. The summed E-state index contributed by atoms with van der Waals surface area (Å²) < 4.78 is 8.94. The summed E-state index contributed by atoms with van der Waals surface area (Å²) in [6.07, 6.45) is -0.773. The van der Waals surface area contributed by atoms with Crippen molar-refractivity contribution in [1.82, 2.24) is 0 Å². The van der Waals surface area contributed by atoms with Gasteiger partial charge in [0.15, 0.2) is 6.29 Å². The van der Waals surface area contributed by atoms with Crippen molar-refractivity contribution in [2.24, 2.45) is 0 Å². The van der Waals surface area contributed by atoms with Crippen LogP contribution >= 0.6 is 0 Å². The first kappa shape index (κ1) is 11.3. The molecule has 1 N–H and O–H groups in total. The fourth-order valence-corrected chi connectivity index (χ4v) is 0.211. The summed E-state index contributed by atoms with van der Waals surface area (Å²) in [7, 11) is 2.92. The number of hydrogen-bond donors (Lipinski definition) is 1. The van der Waals surface area contributed by atoms with E-state index in [0.717, 1.165) is 0 Å². The Morgan fingerprint density at radius 1 is 1.50 bits per heavy atom. The second-order valence-corrected chi connectivity index (χ2v) is 1.15. The van der Waals surface area contributed by atoms with Crippen molar-refractivity contribution < 1.29 is 34.1 Å². The molecule has 0 bridgehead atoms. The Balaban J connectivity index is 0.